The van der Waals surface area contributed by atoms with Crippen LogP contribution in [0, 0.1) is 0 Å². The van der Waals surface area contributed by atoms with Crippen LogP contribution in [0.15, 0.2) is 5.38 Å². The number of ether oxygens (including phenoxy) is 1. The van der Waals surface area contributed by atoms with E-state index in [2.05, 4.69) is 15.6 Å². The first-order chi connectivity index (χ1) is 9.08. The topological polar surface area (TPSA) is 63.2 Å². The maximum Gasteiger partial charge on any atom is 0.229 e. The van der Waals surface area contributed by atoms with Crippen molar-refractivity contribution in [2.24, 2.45) is 0 Å². The van der Waals surface area contributed by atoms with Crippen molar-refractivity contribution < 1.29 is 9.53 Å². The number of anilines is 1. The molecule has 1 unspecified atom stereocenters. The number of hydrogen-bond acceptors (Lipinski definition) is 5. The smallest absolute Gasteiger partial charge is 0.229 e. The van der Waals surface area contributed by atoms with Crippen LogP contribution in [0.3, 0.4) is 0 Å². The van der Waals surface area contributed by atoms with Crippen LogP contribution in [-0.4, -0.2) is 30.6 Å². The van der Waals surface area contributed by atoms with Crippen LogP contribution in [0.4, 0.5) is 5.13 Å². The Morgan fingerprint density at radius 3 is 2.89 bits per heavy atom. The summed E-state index contributed by atoms with van der Waals surface area (Å²) in [4.78, 5) is 16.4. The molecule has 1 aromatic rings. The molecule has 2 N–H and O–H groups in total. The molecule has 0 spiro atoms. The average Bonchev–Trinajstić information content (AvgIpc) is 2.81. The van der Waals surface area contributed by atoms with E-state index >= 15 is 0 Å². The first kappa shape index (κ1) is 14.4. The van der Waals surface area contributed by atoms with Gasteiger partial charge in [-0.05, 0) is 33.2 Å². The van der Waals surface area contributed by atoms with Crippen LogP contribution in [0.5, 0.6) is 0 Å². The van der Waals surface area contributed by atoms with E-state index in [9.17, 15) is 4.79 Å². The lowest BCUT2D eigenvalue weighted by molar-refractivity contribution is -0.129. The summed E-state index contributed by atoms with van der Waals surface area (Å²) in [5.74, 6) is -0.0143. The Labute approximate surface area is 117 Å². The molecule has 1 fully saturated rings. The van der Waals surface area contributed by atoms with Crippen molar-refractivity contribution in [3.8, 4) is 0 Å². The summed E-state index contributed by atoms with van der Waals surface area (Å²) in [6.45, 7) is 2.04. The van der Waals surface area contributed by atoms with Crippen molar-refractivity contribution in [1.29, 1.82) is 0 Å². The maximum atomic E-state index is 12.0. The number of nitrogens with one attached hydrogen (secondary N) is 2. The van der Waals surface area contributed by atoms with E-state index in [0.29, 0.717) is 11.6 Å². The van der Waals surface area contributed by atoms with Crippen molar-refractivity contribution >= 4 is 22.4 Å². The lowest BCUT2D eigenvalue weighted by Gasteiger charge is -2.39. The summed E-state index contributed by atoms with van der Waals surface area (Å²) in [6, 6.07) is 0.193. The molecule has 1 atom stereocenters. The molecule has 0 aromatic carbocycles. The van der Waals surface area contributed by atoms with Gasteiger partial charge in [0.05, 0.1) is 17.7 Å². The zero-order valence-electron chi connectivity index (χ0n) is 11.7. The molecule has 1 aliphatic carbocycles. The maximum absolute atomic E-state index is 12.0. The minimum Gasteiger partial charge on any atom is -0.378 e. The molecule has 106 valence electrons. The molecule has 0 saturated heterocycles. The van der Waals surface area contributed by atoms with Crippen LogP contribution in [0.1, 0.15) is 44.3 Å². The number of rotatable bonds is 6. The molecular weight excluding hydrogens is 262 g/mol. The van der Waals surface area contributed by atoms with Gasteiger partial charge in [0.15, 0.2) is 5.13 Å². The zero-order chi connectivity index (χ0) is 13.9. The minimum absolute atomic E-state index is 0.0143. The average molecular weight is 283 g/mol. The third-order valence-electron chi connectivity index (χ3n) is 3.83. The lowest BCUT2D eigenvalue weighted by atomic mass is 9.77. The Bertz CT molecular complexity index is 437. The van der Waals surface area contributed by atoms with Gasteiger partial charge >= 0.3 is 0 Å². The number of carbonyl (C=O) groups is 1. The van der Waals surface area contributed by atoms with Crippen molar-refractivity contribution in [2.45, 2.75) is 44.2 Å². The Hall–Kier alpha value is -0.980. The van der Waals surface area contributed by atoms with E-state index in [4.69, 9.17) is 4.74 Å². The number of aromatic nitrogens is 1. The summed E-state index contributed by atoms with van der Waals surface area (Å²) in [6.07, 6.45) is 3.50. The molecule has 1 heterocycles. The summed E-state index contributed by atoms with van der Waals surface area (Å²) < 4.78 is 5.46. The van der Waals surface area contributed by atoms with Gasteiger partial charge < -0.3 is 15.4 Å². The number of methoxy groups -OCH3 is 1. The molecule has 0 aliphatic heterocycles. The summed E-state index contributed by atoms with van der Waals surface area (Å²) in [7, 11) is 3.57. The van der Waals surface area contributed by atoms with Gasteiger partial charge in [0.1, 0.15) is 0 Å². The minimum atomic E-state index is -0.234. The van der Waals surface area contributed by atoms with Gasteiger partial charge in [0, 0.05) is 18.5 Å². The Balaban J connectivity index is 1.90. The Morgan fingerprint density at radius 1 is 1.63 bits per heavy atom. The first-order valence-electron chi connectivity index (χ1n) is 6.56. The second kappa shape index (κ2) is 5.98. The molecule has 1 amide bonds. The van der Waals surface area contributed by atoms with E-state index < -0.39 is 0 Å². The fourth-order valence-corrected chi connectivity index (χ4v) is 2.99. The van der Waals surface area contributed by atoms with Gasteiger partial charge in [-0.3, -0.25) is 4.79 Å². The number of carbonyl (C=O) groups excluding carboxylic acids is 1. The number of hydrogen-bond donors (Lipinski definition) is 2. The Morgan fingerprint density at radius 2 is 2.37 bits per heavy atom. The largest absolute Gasteiger partial charge is 0.378 e. The normalized spacial score (nSPS) is 18.7. The summed E-state index contributed by atoms with van der Waals surface area (Å²) in [5, 5.41) is 8.61. The van der Waals surface area contributed by atoms with Crippen molar-refractivity contribution in [3.05, 3.63) is 11.1 Å². The van der Waals surface area contributed by atoms with E-state index in [0.717, 1.165) is 25.0 Å². The van der Waals surface area contributed by atoms with E-state index in [-0.39, 0.29) is 17.6 Å². The molecule has 5 nitrogen and oxygen atoms in total. The van der Waals surface area contributed by atoms with Crippen LogP contribution in [0.2, 0.25) is 0 Å². The number of nitrogens with zero attached hydrogens (tertiary/aromatic N) is 1. The zero-order valence-corrected chi connectivity index (χ0v) is 12.5. The summed E-state index contributed by atoms with van der Waals surface area (Å²) >= 11 is 1.46. The SMILES string of the molecule is CNC(C)c1csc(NC(=O)CC2(OC)CCC2)n1. The highest BCUT2D eigenvalue weighted by molar-refractivity contribution is 7.13. The molecular formula is C13H21N3O2S. The monoisotopic (exact) mass is 283 g/mol. The number of amides is 1. The van der Waals surface area contributed by atoms with Crippen molar-refractivity contribution in [2.75, 3.05) is 19.5 Å². The van der Waals surface area contributed by atoms with E-state index in [1.807, 2.05) is 19.4 Å². The van der Waals surface area contributed by atoms with Gasteiger partial charge in [-0.2, -0.15) is 0 Å². The van der Waals surface area contributed by atoms with E-state index in [1.165, 1.54) is 11.3 Å². The second-order valence-corrected chi connectivity index (χ2v) is 5.91. The molecule has 1 aliphatic rings. The summed E-state index contributed by atoms with van der Waals surface area (Å²) in [5.41, 5.74) is 0.718. The van der Waals surface area contributed by atoms with Crippen molar-refractivity contribution in [1.82, 2.24) is 10.3 Å². The van der Waals surface area contributed by atoms with Gasteiger partial charge in [-0.25, -0.2) is 4.98 Å². The fourth-order valence-electron chi connectivity index (χ4n) is 2.17. The predicted molar refractivity (Wildman–Crippen MR) is 76.4 cm³/mol. The highest BCUT2D eigenvalue weighted by Crippen LogP contribution is 2.38. The standard InChI is InChI=1S/C13H21N3O2S/c1-9(14-2)10-8-19-12(15-10)16-11(17)7-13(18-3)5-4-6-13/h8-9,14H,4-7H2,1-3H3,(H,15,16,17). The quantitative estimate of drug-likeness (QED) is 0.841. The molecule has 0 radical (unpaired) electrons. The second-order valence-electron chi connectivity index (χ2n) is 5.05. The van der Waals surface area contributed by atoms with Crippen LogP contribution < -0.4 is 10.6 Å². The Kier molecular flexibility index (Phi) is 4.54. The molecule has 1 saturated carbocycles. The van der Waals surface area contributed by atoms with Crippen LogP contribution in [-0.2, 0) is 9.53 Å². The highest BCUT2D eigenvalue weighted by atomic mass is 32.1. The van der Waals surface area contributed by atoms with Crippen LogP contribution >= 0.6 is 11.3 Å². The number of thiazole rings is 1. The lowest BCUT2D eigenvalue weighted by Crippen LogP contribution is -2.42. The van der Waals surface area contributed by atoms with E-state index in [1.54, 1.807) is 7.11 Å². The first-order valence-corrected chi connectivity index (χ1v) is 7.44. The third kappa shape index (κ3) is 3.32. The molecule has 1 aromatic heterocycles. The molecule has 0 bridgehead atoms. The molecule has 19 heavy (non-hydrogen) atoms. The van der Waals surface area contributed by atoms with Crippen LogP contribution in [0.25, 0.3) is 0 Å². The van der Waals surface area contributed by atoms with Gasteiger partial charge in [0.2, 0.25) is 5.91 Å². The molecule has 2 rings (SSSR count). The van der Waals surface area contributed by atoms with Gasteiger partial charge in [-0.15, -0.1) is 11.3 Å². The predicted octanol–water partition coefficient (Wildman–Crippen LogP) is 2.32. The van der Waals surface area contributed by atoms with Crippen molar-refractivity contribution in [3.63, 3.8) is 0 Å². The molecule has 6 heteroatoms. The van der Waals surface area contributed by atoms with Gasteiger partial charge in [0.25, 0.3) is 0 Å². The fraction of sp³-hybridized carbons (Fsp3) is 0.692. The third-order valence-corrected chi connectivity index (χ3v) is 4.60. The van der Waals surface area contributed by atoms with Gasteiger partial charge in [-0.1, -0.05) is 0 Å². The highest BCUT2D eigenvalue weighted by Gasteiger charge is 2.39.